The Morgan fingerprint density at radius 2 is 1.74 bits per heavy atom. The Balaban J connectivity index is 1.44. The van der Waals surface area contributed by atoms with Gasteiger partial charge >= 0.3 is 0 Å². The molecule has 35 heavy (non-hydrogen) atoms. The van der Waals surface area contributed by atoms with E-state index in [1.807, 2.05) is 18.4 Å². The summed E-state index contributed by atoms with van der Waals surface area (Å²) in [5.41, 5.74) is 9.53. The van der Waals surface area contributed by atoms with Crippen LogP contribution in [-0.4, -0.2) is 35.6 Å². The second-order valence-electron chi connectivity index (χ2n) is 9.44. The summed E-state index contributed by atoms with van der Waals surface area (Å²) in [6.07, 6.45) is 4.05. The van der Waals surface area contributed by atoms with Crippen LogP contribution in [0.15, 0.2) is 58.8 Å². The summed E-state index contributed by atoms with van der Waals surface area (Å²) in [6.45, 7) is 7.34. The first-order valence-electron chi connectivity index (χ1n) is 11.7. The van der Waals surface area contributed by atoms with Gasteiger partial charge in [-0.25, -0.2) is 4.98 Å². The van der Waals surface area contributed by atoms with Crippen LogP contribution in [-0.2, 0) is 10.2 Å². The number of nitrogens with one attached hydrogen (secondary N) is 2. The van der Waals surface area contributed by atoms with Crippen LogP contribution < -0.4 is 16.4 Å². The summed E-state index contributed by atoms with van der Waals surface area (Å²) in [5, 5.41) is 9.04. The maximum atomic E-state index is 12.5. The fourth-order valence-electron chi connectivity index (χ4n) is 3.57. The van der Waals surface area contributed by atoms with Crippen LogP contribution in [0.2, 0.25) is 0 Å². The van der Waals surface area contributed by atoms with Gasteiger partial charge in [-0.15, -0.1) is 23.1 Å². The molecule has 0 saturated heterocycles. The highest BCUT2D eigenvalue weighted by atomic mass is 32.2. The largest absolute Gasteiger partial charge is 0.368 e. The van der Waals surface area contributed by atoms with Crippen LogP contribution in [0.1, 0.15) is 56.0 Å². The van der Waals surface area contributed by atoms with Crippen molar-refractivity contribution < 1.29 is 9.59 Å². The fourth-order valence-corrected chi connectivity index (χ4v) is 4.72. The number of carbonyl (C=O) groups excluding carboxylic acids is 2. The quantitative estimate of drug-likeness (QED) is 0.227. The molecule has 2 amide bonds. The van der Waals surface area contributed by atoms with E-state index in [1.165, 1.54) is 5.56 Å². The van der Waals surface area contributed by atoms with Crippen molar-refractivity contribution in [2.24, 2.45) is 5.73 Å². The van der Waals surface area contributed by atoms with E-state index in [-0.39, 0.29) is 11.3 Å². The molecule has 1 heterocycles. The summed E-state index contributed by atoms with van der Waals surface area (Å²) in [6, 6.07) is 15.2. The van der Waals surface area contributed by atoms with E-state index < -0.39 is 11.9 Å². The molecule has 4 N–H and O–H groups in total. The first-order valence-corrected chi connectivity index (χ1v) is 13.8. The number of nitrogens with two attached hydrogens (primary N) is 1. The summed E-state index contributed by atoms with van der Waals surface area (Å²) >= 11 is 3.18. The van der Waals surface area contributed by atoms with E-state index >= 15 is 0 Å². The molecule has 0 aliphatic heterocycles. The Kier molecular flexibility index (Phi) is 9.34. The molecule has 1 atom stereocenters. The van der Waals surface area contributed by atoms with Crippen molar-refractivity contribution in [3.63, 3.8) is 0 Å². The van der Waals surface area contributed by atoms with Crippen LogP contribution in [0.25, 0.3) is 11.3 Å². The zero-order valence-electron chi connectivity index (χ0n) is 20.8. The minimum absolute atomic E-state index is 0.128. The van der Waals surface area contributed by atoms with Gasteiger partial charge in [-0.1, -0.05) is 45.0 Å². The first-order chi connectivity index (χ1) is 16.7. The average molecular weight is 511 g/mol. The van der Waals surface area contributed by atoms with Gasteiger partial charge in [0.1, 0.15) is 6.04 Å². The zero-order chi connectivity index (χ0) is 25.4. The highest BCUT2D eigenvalue weighted by molar-refractivity contribution is 7.98. The molecule has 186 valence electrons. The molecule has 6 nitrogen and oxygen atoms in total. The number of carbonyl (C=O) groups is 2. The number of benzene rings is 2. The first kappa shape index (κ1) is 26.8. The predicted molar refractivity (Wildman–Crippen MR) is 147 cm³/mol. The number of thiazole rings is 1. The maximum Gasteiger partial charge on any atom is 0.251 e. The number of hydrogen-bond donors (Lipinski definition) is 3. The lowest BCUT2D eigenvalue weighted by molar-refractivity contribution is -0.120. The molecule has 0 bridgehead atoms. The van der Waals surface area contributed by atoms with Gasteiger partial charge in [0, 0.05) is 27.9 Å². The van der Waals surface area contributed by atoms with Crippen LogP contribution in [0.5, 0.6) is 0 Å². The van der Waals surface area contributed by atoms with Crippen molar-refractivity contribution in [3.05, 3.63) is 65.0 Å². The third kappa shape index (κ3) is 7.83. The van der Waals surface area contributed by atoms with Gasteiger partial charge in [-0.05, 0) is 60.8 Å². The van der Waals surface area contributed by atoms with Crippen LogP contribution >= 0.6 is 23.1 Å². The molecule has 0 fully saturated rings. The van der Waals surface area contributed by atoms with E-state index in [0.29, 0.717) is 12.0 Å². The predicted octanol–water partition coefficient (Wildman–Crippen LogP) is 5.70. The summed E-state index contributed by atoms with van der Waals surface area (Å²) in [7, 11) is 0. The number of primary amides is 1. The molecule has 2 aromatic carbocycles. The van der Waals surface area contributed by atoms with Gasteiger partial charge < -0.3 is 16.4 Å². The molecule has 3 aromatic rings. The van der Waals surface area contributed by atoms with E-state index in [4.69, 9.17) is 10.7 Å². The molecule has 0 aliphatic rings. The van der Waals surface area contributed by atoms with Crippen molar-refractivity contribution in [1.82, 2.24) is 10.3 Å². The van der Waals surface area contributed by atoms with Gasteiger partial charge in [0.05, 0.1) is 5.69 Å². The van der Waals surface area contributed by atoms with Crippen LogP contribution in [0, 0.1) is 0 Å². The number of amides is 2. The van der Waals surface area contributed by atoms with Crippen molar-refractivity contribution >= 4 is 40.0 Å². The Bertz CT molecular complexity index is 1120. The highest BCUT2D eigenvalue weighted by Crippen LogP contribution is 2.28. The van der Waals surface area contributed by atoms with Crippen LogP contribution in [0.3, 0.4) is 0 Å². The summed E-state index contributed by atoms with van der Waals surface area (Å²) in [5.74, 6) is -0.806. The average Bonchev–Trinajstić information content (AvgIpc) is 3.31. The van der Waals surface area contributed by atoms with E-state index in [0.717, 1.165) is 40.7 Å². The second-order valence-corrected chi connectivity index (χ2v) is 11.2. The zero-order valence-corrected chi connectivity index (χ0v) is 22.4. The van der Waals surface area contributed by atoms with Gasteiger partial charge in [-0.3, -0.25) is 9.59 Å². The Morgan fingerprint density at radius 1 is 1.06 bits per heavy atom. The van der Waals surface area contributed by atoms with E-state index in [2.05, 4.69) is 61.1 Å². The topological polar surface area (TPSA) is 97.1 Å². The number of thioether (sulfide) groups is 1. The molecular formula is C27H34N4O2S2. The standard InChI is InChI=1S/C27H34N4O2S2/c1-27(2,3)20-12-8-18(9-13-20)23-17-35-26(31-23)29-16-6-5-7-22(24(28)32)30-25(33)19-10-14-21(34-4)15-11-19/h8-15,17,22H,5-7,16H2,1-4H3,(H2,28,32)(H,29,31)(H,30,33)/t22-/m1/s1. The third-order valence-corrected chi connectivity index (χ3v) is 7.29. The van der Waals surface area contributed by atoms with Crippen LogP contribution in [0.4, 0.5) is 5.13 Å². The number of hydrogen-bond acceptors (Lipinski definition) is 6. The third-order valence-electron chi connectivity index (χ3n) is 5.75. The minimum atomic E-state index is -0.690. The number of aromatic nitrogens is 1. The number of rotatable bonds is 11. The molecule has 1 aromatic heterocycles. The van der Waals surface area contributed by atoms with Gasteiger partial charge in [0.25, 0.3) is 5.91 Å². The van der Waals surface area contributed by atoms with Crippen molar-refractivity contribution in [1.29, 1.82) is 0 Å². The lowest BCUT2D eigenvalue weighted by atomic mass is 9.86. The lowest BCUT2D eigenvalue weighted by Crippen LogP contribution is -2.44. The van der Waals surface area contributed by atoms with Gasteiger partial charge in [-0.2, -0.15) is 0 Å². The van der Waals surface area contributed by atoms with E-state index in [9.17, 15) is 9.59 Å². The highest BCUT2D eigenvalue weighted by Gasteiger charge is 2.18. The molecule has 3 rings (SSSR count). The number of nitrogens with zero attached hydrogens (tertiary/aromatic N) is 1. The van der Waals surface area contributed by atoms with Crippen molar-refractivity contribution in [2.75, 3.05) is 18.1 Å². The monoisotopic (exact) mass is 510 g/mol. The normalized spacial score (nSPS) is 12.2. The molecular weight excluding hydrogens is 476 g/mol. The number of unbranched alkanes of at least 4 members (excludes halogenated alkanes) is 1. The molecule has 0 spiro atoms. The number of anilines is 1. The van der Waals surface area contributed by atoms with Crippen molar-refractivity contribution in [3.8, 4) is 11.3 Å². The SMILES string of the molecule is CSc1ccc(C(=O)N[C@H](CCCCNc2nc(-c3ccc(C(C)(C)C)cc3)cs2)C(N)=O)cc1. The summed E-state index contributed by atoms with van der Waals surface area (Å²) in [4.78, 5) is 30.1. The van der Waals surface area contributed by atoms with Crippen molar-refractivity contribution in [2.45, 2.75) is 56.4 Å². The molecule has 0 unspecified atom stereocenters. The summed E-state index contributed by atoms with van der Waals surface area (Å²) < 4.78 is 0. The Hall–Kier alpha value is -2.84. The Labute approximate surface area is 216 Å². The van der Waals surface area contributed by atoms with Gasteiger partial charge in [0.2, 0.25) is 5.91 Å². The van der Waals surface area contributed by atoms with Gasteiger partial charge in [0.15, 0.2) is 5.13 Å². The Morgan fingerprint density at radius 3 is 2.34 bits per heavy atom. The smallest absolute Gasteiger partial charge is 0.251 e. The molecule has 0 radical (unpaired) electrons. The molecule has 8 heteroatoms. The van der Waals surface area contributed by atoms with E-state index in [1.54, 1.807) is 35.2 Å². The fraction of sp³-hybridized carbons (Fsp3) is 0.370. The second kappa shape index (κ2) is 12.2. The minimum Gasteiger partial charge on any atom is -0.368 e. The molecule has 0 saturated carbocycles. The molecule has 0 aliphatic carbocycles. The maximum absolute atomic E-state index is 12.5. The lowest BCUT2D eigenvalue weighted by Gasteiger charge is -2.18.